The van der Waals surface area contributed by atoms with Crippen molar-refractivity contribution in [2.75, 3.05) is 5.32 Å². The highest BCUT2D eigenvalue weighted by Gasteiger charge is 2.06. The van der Waals surface area contributed by atoms with E-state index in [1.165, 1.54) is 0 Å². The van der Waals surface area contributed by atoms with Gasteiger partial charge in [-0.15, -0.1) is 0 Å². The van der Waals surface area contributed by atoms with Crippen LogP contribution in [0.5, 0.6) is 0 Å². The van der Waals surface area contributed by atoms with Crippen LogP contribution in [0.25, 0.3) is 0 Å². The number of carboxylic acids is 1. The zero-order valence-electron chi connectivity index (χ0n) is 11.2. The van der Waals surface area contributed by atoms with E-state index in [1.807, 2.05) is 24.3 Å². The van der Waals surface area contributed by atoms with Crippen LogP contribution in [0.3, 0.4) is 0 Å². The first-order valence-corrected chi connectivity index (χ1v) is 7.17. The molecule has 1 amide bonds. The van der Waals surface area contributed by atoms with Gasteiger partial charge in [-0.1, -0.05) is 40.2 Å². The molecule has 2 aromatic carbocycles. The van der Waals surface area contributed by atoms with Crippen molar-refractivity contribution in [1.82, 2.24) is 0 Å². The summed E-state index contributed by atoms with van der Waals surface area (Å²) in [5.41, 5.74) is 2.17. The lowest BCUT2D eigenvalue weighted by molar-refractivity contribution is -0.136. The Bertz CT molecular complexity index is 670. The summed E-state index contributed by atoms with van der Waals surface area (Å²) in [7, 11) is 0. The van der Waals surface area contributed by atoms with E-state index in [0.717, 1.165) is 10.0 Å². The summed E-state index contributed by atoms with van der Waals surface area (Å²) in [5.74, 6) is -1.03. The lowest BCUT2D eigenvalue weighted by atomic mass is 10.1. The maximum absolute atomic E-state index is 12.0. The molecule has 21 heavy (non-hydrogen) atoms. The van der Waals surface area contributed by atoms with Gasteiger partial charge in [0.05, 0.1) is 12.8 Å². The first-order chi connectivity index (χ1) is 10.0. The van der Waals surface area contributed by atoms with Crippen LogP contribution in [0, 0.1) is 0 Å². The van der Waals surface area contributed by atoms with Gasteiger partial charge in [0.1, 0.15) is 0 Å². The molecule has 0 aromatic heterocycles. The minimum absolute atomic E-state index is 0.0602. The number of carbonyl (C=O) groups is 2. The van der Waals surface area contributed by atoms with Crippen molar-refractivity contribution in [2.24, 2.45) is 0 Å². The quantitative estimate of drug-likeness (QED) is 0.872. The second-order valence-electron chi connectivity index (χ2n) is 4.63. The highest BCUT2D eigenvalue weighted by atomic mass is 79.9. The smallest absolute Gasteiger partial charge is 0.307 e. The van der Waals surface area contributed by atoms with Crippen LogP contribution in [0.1, 0.15) is 11.1 Å². The summed E-state index contributed by atoms with van der Waals surface area (Å²) in [6.45, 7) is 0. The first kappa shape index (κ1) is 15.3. The molecule has 0 heterocycles. The molecule has 2 rings (SSSR count). The normalized spacial score (nSPS) is 10.1. The van der Waals surface area contributed by atoms with Crippen LogP contribution in [0.4, 0.5) is 5.69 Å². The molecule has 0 radical (unpaired) electrons. The lowest BCUT2D eigenvalue weighted by Gasteiger charge is -2.07. The fourth-order valence-electron chi connectivity index (χ4n) is 1.97. The third-order valence-electron chi connectivity index (χ3n) is 2.82. The van der Waals surface area contributed by atoms with Crippen molar-refractivity contribution >= 4 is 33.5 Å². The minimum Gasteiger partial charge on any atom is -0.481 e. The molecule has 0 saturated heterocycles. The van der Waals surface area contributed by atoms with Crippen LogP contribution < -0.4 is 5.32 Å². The van der Waals surface area contributed by atoms with Crippen LogP contribution >= 0.6 is 15.9 Å². The third kappa shape index (κ3) is 5.04. The Morgan fingerprint density at radius 3 is 2.33 bits per heavy atom. The van der Waals surface area contributed by atoms with Crippen LogP contribution in [-0.2, 0) is 22.4 Å². The van der Waals surface area contributed by atoms with Gasteiger partial charge in [-0.2, -0.15) is 0 Å². The minimum atomic E-state index is -0.896. The summed E-state index contributed by atoms with van der Waals surface area (Å²) >= 11 is 3.36. The predicted octanol–water partition coefficient (Wildman–Crippen LogP) is 3.26. The number of benzene rings is 2. The standard InChI is InChI=1S/C16H14BrNO3/c17-13-5-1-3-11(7-13)9-15(19)18-14-6-2-4-12(8-14)10-16(20)21/h1-8H,9-10H2,(H,18,19)(H,20,21). The van der Waals surface area contributed by atoms with E-state index >= 15 is 0 Å². The summed E-state index contributed by atoms with van der Waals surface area (Å²) in [5, 5.41) is 11.5. The number of hydrogen-bond donors (Lipinski definition) is 2. The van der Waals surface area contributed by atoms with E-state index in [2.05, 4.69) is 21.2 Å². The summed E-state index contributed by atoms with van der Waals surface area (Å²) < 4.78 is 0.927. The molecule has 5 heteroatoms. The Morgan fingerprint density at radius 1 is 1.00 bits per heavy atom. The number of amides is 1. The Morgan fingerprint density at radius 2 is 1.67 bits per heavy atom. The van der Waals surface area contributed by atoms with E-state index in [0.29, 0.717) is 11.3 Å². The average Bonchev–Trinajstić information content (AvgIpc) is 2.37. The topological polar surface area (TPSA) is 66.4 Å². The Labute approximate surface area is 130 Å². The maximum atomic E-state index is 12.0. The molecule has 0 bridgehead atoms. The van der Waals surface area contributed by atoms with Gasteiger partial charge in [0.2, 0.25) is 5.91 Å². The van der Waals surface area contributed by atoms with Crippen LogP contribution in [0.15, 0.2) is 53.0 Å². The number of aliphatic carboxylic acids is 1. The van der Waals surface area contributed by atoms with Gasteiger partial charge >= 0.3 is 5.97 Å². The van der Waals surface area contributed by atoms with Crippen molar-refractivity contribution in [2.45, 2.75) is 12.8 Å². The molecule has 0 aliphatic rings. The zero-order valence-corrected chi connectivity index (χ0v) is 12.8. The summed E-state index contributed by atoms with van der Waals surface area (Å²) in [6, 6.07) is 14.4. The van der Waals surface area contributed by atoms with Gasteiger partial charge in [-0.3, -0.25) is 9.59 Å². The van der Waals surface area contributed by atoms with Gasteiger partial charge in [-0.05, 0) is 35.4 Å². The molecular formula is C16H14BrNO3. The van der Waals surface area contributed by atoms with E-state index in [4.69, 9.17) is 5.11 Å². The zero-order chi connectivity index (χ0) is 15.2. The predicted molar refractivity (Wildman–Crippen MR) is 84.3 cm³/mol. The molecule has 2 aromatic rings. The number of carboxylic acid groups (broad SMARTS) is 1. The van der Waals surface area contributed by atoms with Gasteiger partial charge in [0.25, 0.3) is 0 Å². The van der Waals surface area contributed by atoms with E-state index < -0.39 is 5.97 Å². The van der Waals surface area contributed by atoms with Gasteiger partial charge in [0, 0.05) is 10.2 Å². The number of anilines is 1. The number of hydrogen-bond acceptors (Lipinski definition) is 2. The summed E-state index contributed by atoms with van der Waals surface area (Å²) in [4.78, 5) is 22.7. The molecule has 0 aliphatic heterocycles. The fourth-order valence-corrected chi connectivity index (χ4v) is 2.42. The first-order valence-electron chi connectivity index (χ1n) is 6.38. The van der Waals surface area contributed by atoms with Crippen molar-refractivity contribution in [3.63, 3.8) is 0 Å². The second kappa shape index (κ2) is 7.04. The molecule has 108 valence electrons. The fraction of sp³-hybridized carbons (Fsp3) is 0.125. The SMILES string of the molecule is O=C(O)Cc1cccc(NC(=O)Cc2cccc(Br)c2)c1. The van der Waals surface area contributed by atoms with Gasteiger partial charge in [0.15, 0.2) is 0 Å². The van der Waals surface area contributed by atoms with E-state index in [-0.39, 0.29) is 18.7 Å². The average molecular weight is 348 g/mol. The third-order valence-corrected chi connectivity index (χ3v) is 3.31. The van der Waals surface area contributed by atoms with Crippen molar-refractivity contribution in [1.29, 1.82) is 0 Å². The molecule has 0 atom stereocenters. The molecule has 0 saturated carbocycles. The highest BCUT2D eigenvalue weighted by molar-refractivity contribution is 9.10. The lowest BCUT2D eigenvalue weighted by Crippen LogP contribution is -2.14. The molecule has 0 aliphatic carbocycles. The number of rotatable bonds is 5. The van der Waals surface area contributed by atoms with Crippen LogP contribution in [0.2, 0.25) is 0 Å². The Hall–Kier alpha value is -2.14. The molecule has 4 nitrogen and oxygen atoms in total. The molecule has 0 unspecified atom stereocenters. The highest BCUT2D eigenvalue weighted by Crippen LogP contribution is 2.14. The number of carbonyl (C=O) groups excluding carboxylic acids is 1. The van der Waals surface area contributed by atoms with Crippen molar-refractivity contribution in [3.8, 4) is 0 Å². The number of nitrogens with one attached hydrogen (secondary N) is 1. The molecule has 2 N–H and O–H groups in total. The van der Waals surface area contributed by atoms with E-state index in [1.54, 1.807) is 24.3 Å². The van der Waals surface area contributed by atoms with Crippen molar-refractivity contribution < 1.29 is 14.7 Å². The number of halogens is 1. The van der Waals surface area contributed by atoms with Gasteiger partial charge < -0.3 is 10.4 Å². The Balaban J connectivity index is 2.01. The monoisotopic (exact) mass is 347 g/mol. The second-order valence-corrected chi connectivity index (χ2v) is 5.54. The van der Waals surface area contributed by atoms with Gasteiger partial charge in [-0.25, -0.2) is 0 Å². The van der Waals surface area contributed by atoms with Crippen LogP contribution in [-0.4, -0.2) is 17.0 Å². The van der Waals surface area contributed by atoms with E-state index in [9.17, 15) is 9.59 Å². The molecule has 0 fully saturated rings. The maximum Gasteiger partial charge on any atom is 0.307 e. The summed E-state index contributed by atoms with van der Waals surface area (Å²) in [6.07, 6.45) is 0.206. The Kier molecular flexibility index (Phi) is 5.11. The van der Waals surface area contributed by atoms with Crippen molar-refractivity contribution in [3.05, 3.63) is 64.1 Å². The molecular weight excluding hydrogens is 334 g/mol. The largest absolute Gasteiger partial charge is 0.481 e. The molecule has 0 spiro atoms.